The molecule has 23 heavy (non-hydrogen) atoms. The second-order valence-corrected chi connectivity index (χ2v) is 7.52. The molecular formula is C15H13ClFNO4S. The fourth-order valence-electron chi connectivity index (χ4n) is 2.49. The highest BCUT2D eigenvalue weighted by atomic mass is 35.5. The molecule has 3 rings (SSSR count). The van der Waals surface area contributed by atoms with Crippen LogP contribution in [0.4, 0.5) is 4.39 Å². The van der Waals surface area contributed by atoms with Crippen LogP contribution in [0, 0.1) is 12.7 Å². The zero-order valence-electron chi connectivity index (χ0n) is 12.2. The van der Waals surface area contributed by atoms with E-state index in [-0.39, 0.29) is 21.4 Å². The first-order valence-corrected chi connectivity index (χ1v) is 8.48. The standard InChI is InChI=1S/C15H13ClFNO4S/c1-8-13(22-9-3-5-12(17)11(16)7-9)6-4-10-14(8)23(20,21)18(2)15(10)19/h3-7,15,19H,1-2H3. The Morgan fingerprint density at radius 2 is 2.00 bits per heavy atom. The molecule has 1 heterocycles. The van der Waals surface area contributed by atoms with Crippen molar-refractivity contribution < 1.29 is 22.7 Å². The van der Waals surface area contributed by atoms with Gasteiger partial charge >= 0.3 is 0 Å². The Labute approximate surface area is 137 Å². The molecule has 0 spiro atoms. The van der Waals surface area contributed by atoms with Gasteiger partial charge in [0.25, 0.3) is 0 Å². The highest BCUT2D eigenvalue weighted by Gasteiger charge is 2.41. The molecule has 5 nitrogen and oxygen atoms in total. The maximum atomic E-state index is 13.2. The van der Waals surface area contributed by atoms with Crippen molar-refractivity contribution in [3.63, 3.8) is 0 Å². The quantitative estimate of drug-likeness (QED) is 0.896. The molecule has 122 valence electrons. The second-order valence-electron chi connectivity index (χ2n) is 5.18. The van der Waals surface area contributed by atoms with Gasteiger partial charge in [0, 0.05) is 24.2 Å². The number of rotatable bonds is 2. The Hall–Kier alpha value is -1.67. The molecular weight excluding hydrogens is 345 g/mol. The van der Waals surface area contributed by atoms with Gasteiger partial charge in [0.2, 0.25) is 10.0 Å². The molecule has 1 unspecified atom stereocenters. The SMILES string of the molecule is Cc1c(Oc2ccc(F)c(Cl)c2)ccc2c1S(=O)(=O)N(C)C2O. The van der Waals surface area contributed by atoms with Gasteiger partial charge in [-0.15, -0.1) is 0 Å². The first kappa shape index (κ1) is 16.2. The Morgan fingerprint density at radius 1 is 1.30 bits per heavy atom. The average Bonchev–Trinajstić information content (AvgIpc) is 2.67. The number of sulfonamides is 1. The molecule has 0 fully saturated rings. The van der Waals surface area contributed by atoms with Crippen LogP contribution in [0.25, 0.3) is 0 Å². The third-order valence-electron chi connectivity index (χ3n) is 3.77. The fourth-order valence-corrected chi connectivity index (χ4v) is 4.28. The van der Waals surface area contributed by atoms with Gasteiger partial charge in [-0.3, -0.25) is 0 Å². The molecule has 2 aromatic rings. The van der Waals surface area contributed by atoms with Crippen LogP contribution >= 0.6 is 11.6 Å². The molecule has 0 saturated carbocycles. The Balaban J connectivity index is 2.07. The van der Waals surface area contributed by atoms with E-state index >= 15 is 0 Å². The predicted octanol–water partition coefficient (Wildman–Crippen LogP) is 3.20. The van der Waals surface area contributed by atoms with E-state index in [0.717, 1.165) is 10.4 Å². The molecule has 0 amide bonds. The van der Waals surface area contributed by atoms with Crippen molar-refractivity contribution in [3.8, 4) is 11.5 Å². The van der Waals surface area contributed by atoms with E-state index in [1.54, 1.807) is 13.0 Å². The van der Waals surface area contributed by atoms with Crippen LogP contribution in [0.15, 0.2) is 35.2 Å². The predicted molar refractivity (Wildman–Crippen MR) is 82.6 cm³/mol. The van der Waals surface area contributed by atoms with Gasteiger partial charge in [0.15, 0.2) is 0 Å². The summed E-state index contributed by atoms with van der Waals surface area (Å²) in [6, 6.07) is 6.91. The molecule has 0 aliphatic carbocycles. The fraction of sp³-hybridized carbons (Fsp3) is 0.200. The summed E-state index contributed by atoms with van der Waals surface area (Å²) < 4.78 is 44.4. The number of ether oxygens (including phenoxy) is 1. The van der Waals surface area contributed by atoms with E-state index in [1.807, 2.05) is 0 Å². The van der Waals surface area contributed by atoms with Gasteiger partial charge in [-0.05, 0) is 31.2 Å². The van der Waals surface area contributed by atoms with E-state index in [1.165, 1.54) is 25.2 Å². The van der Waals surface area contributed by atoms with Gasteiger partial charge in [-0.2, -0.15) is 4.31 Å². The monoisotopic (exact) mass is 357 g/mol. The van der Waals surface area contributed by atoms with Crippen molar-refractivity contribution >= 4 is 21.6 Å². The lowest BCUT2D eigenvalue weighted by Gasteiger charge is -2.12. The number of fused-ring (bicyclic) bond motifs is 1. The lowest BCUT2D eigenvalue weighted by atomic mass is 10.1. The number of benzene rings is 2. The van der Waals surface area contributed by atoms with Crippen molar-refractivity contribution in [1.82, 2.24) is 4.31 Å². The summed E-state index contributed by atoms with van der Waals surface area (Å²) in [6.45, 7) is 1.59. The van der Waals surface area contributed by atoms with Crippen LogP contribution in [-0.4, -0.2) is 24.9 Å². The summed E-state index contributed by atoms with van der Waals surface area (Å²) in [5.74, 6) is -0.00161. The molecule has 1 atom stereocenters. The molecule has 1 N–H and O–H groups in total. The van der Waals surface area contributed by atoms with Gasteiger partial charge in [0.1, 0.15) is 23.5 Å². The molecule has 1 aliphatic rings. The lowest BCUT2D eigenvalue weighted by molar-refractivity contribution is 0.0851. The summed E-state index contributed by atoms with van der Waals surface area (Å²) in [4.78, 5) is 0.0261. The van der Waals surface area contributed by atoms with E-state index in [4.69, 9.17) is 16.3 Å². The van der Waals surface area contributed by atoms with E-state index < -0.39 is 22.1 Å². The molecule has 1 aliphatic heterocycles. The van der Waals surface area contributed by atoms with Crippen LogP contribution in [0.3, 0.4) is 0 Å². The molecule has 0 aromatic heterocycles. The minimum absolute atomic E-state index is 0.0261. The zero-order chi connectivity index (χ0) is 16.9. The van der Waals surface area contributed by atoms with Gasteiger partial charge in [-0.1, -0.05) is 11.6 Å². The molecule has 8 heteroatoms. The minimum atomic E-state index is -3.78. The third-order valence-corrected chi connectivity index (χ3v) is 6.07. The van der Waals surface area contributed by atoms with Gasteiger partial charge < -0.3 is 9.84 Å². The summed E-state index contributed by atoms with van der Waals surface area (Å²) in [5.41, 5.74) is 0.667. The number of hydrogen-bond acceptors (Lipinski definition) is 4. The molecule has 0 radical (unpaired) electrons. The largest absolute Gasteiger partial charge is 0.457 e. The van der Waals surface area contributed by atoms with Crippen molar-refractivity contribution in [2.24, 2.45) is 0 Å². The van der Waals surface area contributed by atoms with Gasteiger partial charge in [0.05, 0.1) is 9.92 Å². The van der Waals surface area contributed by atoms with Crippen molar-refractivity contribution in [3.05, 3.63) is 52.3 Å². The molecule has 2 aromatic carbocycles. The topological polar surface area (TPSA) is 66.8 Å². The Morgan fingerprint density at radius 3 is 2.65 bits per heavy atom. The van der Waals surface area contributed by atoms with E-state index in [2.05, 4.69) is 0 Å². The van der Waals surface area contributed by atoms with Crippen LogP contribution in [0.5, 0.6) is 11.5 Å². The second kappa shape index (κ2) is 5.45. The van der Waals surface area contributed by atoms with Gasteiger partial charge in [-0.25, -0.2) is 12.8 Å². The average molecular weight is 358 g/mol. The third kappa shape index (κ3) is 2.49. The number of aliphatic hydroxyl groups excluding tert-OH is 1. The number of hydrogen-bond donors (Lipinski definition) is 1. The smallest absolute Gasteiger partial charge is 0.246 e. The summed E-state index contributed by atoms with van der Waals surface area (Å²) >= 11 is 5.71. The zero-order valence-corrected chi connectivity index (χ0v) is 13.8. The summed E-state index contributed by atoms with van der Waals surface area (Å²) in [5, 5.41) is 9.91. The lowest BCUT2D eigenvalue weighted by Crippen LogP contribution is -2.23. The minimum Gasteiger partial charge on any atom is -0.457 e. The highest BCUT2D eigenvalue weighted by molar-refractivity contribution is 7.89. The normalized spacial score (nSPS) is 19.6. The maximum Gasteiger partial charge on any atom is 0.246 e. The van der Waals surface area contributed by atoms with Crippen LogP contribution in [-0.2, 0) is 10.0 Å². The van der Waals surface area contributed by atoms with Crippen molar-refractivity contribution in [2.75, 3.05) is 7.05 Å². The molecule has 0 saturated heterocycles. The maximum absolute atomic E-state index is 13.2. The number of nitrogens with zero attached hydrogens (tertiary/aromatic N) is 1. The van der Waals surface area contributed by atoms with E-state index in [9.17, 15) is 17.9 Å². The van der Waals surface area contributed by atoms with Crippen LogP contribution < -0.4 is 4.74 Å². The number of halogens is 2. The Kier molecular flexibility index (Phi) is 3.84. The first-order chi connectivity index (χ1) is 10.7. The van der Waals surface area contributed by atoms with Crippen molar-refractivity contribution in [2.45, 2.75) is 18.0 Å². The van der Waals surface area contributed by atoms with Crippen LogP contribution in [0.2, 0.25) is 5.02 Å². The highest BCUT2D eigenvalue weighted by Crippen LogP contribution is 2.42. The van der Waals surface area contributed by atoms with E-state index in [0.29, 0.717) is 11.1 Å². The summed E-state index contributed by atoms with van der Waals surface area (Å²) in [7, 11) is -2.47. The van der Waals surface area contributed by atoms with Crippen molar-refractivity contribution in [1.29, 1.82) is 0 Å². The number of aliphatic hydroxyl groups is 1. The van der Waals surface area contributed by atoms with Crippen LogP contribution in [0.1, 0.15) is 17.4 Å². The Bertz CT molecular complexity index is 901. The molecule has 0 bridgehead atoms. The first-order valence-electron chi connectivity index (χ1n) is 6.66. The summed E-state index contributed by atoms with van der Waals surface area (Å²) in [6.07, 6.45) is -1.22.